The Kier molecular flexibility index (Phi) is 7.20. The van der Waals surface area contributed by atoms with Crippen molar-refractivity contribution in [1.82, 2.24) is 15.8 Å². The number of amides is 1. The van der Waals surface area contributed by atoms with Gasteiger partial charge in [0.15, 0.2) is 9.84 Å². The second-order valence-electron chi connectivity index (χ2n) is 6.22. The van der Waals surface area contributed by atoms with Crippen LogP contribution in [0.3, 0.4) is 0 Å². The first-order valence-corrected chi connectivity index (χ1v) is 10.2. The van der Waals surface area contributed by atoms with Gasteiger partial charge in [-0.15, -0.1) is 0 Å². The maximum absolute atomic E-state index is 12.2. The summed E-state index contributed by atoms with van der Waals surface area (Å²) in [5.74, 6) is -0.274. The molecule has 134 valence electrons. The minimum absolute atomic E-state index is 0.0918. The summed E-state index contributed by atoms with van der Waals surface area (Å²) in [5, 5.41) is 4.75. The average Bonchev–Trinajstić information content (AvgIpc) is 2.82. The molecule has 0 atom stereocenters. The smallest absolute Gasteiger partial charge is 0.235 e. The highest BCUT2D eigenvalue weighted by Crippen LogP contribution is 2.11. The van der Waals surface area contributed by atoms with Gasteiger partial charge in [-0.3, -0.25) is 4.79 Å². The molecule has 6 nitrogen and oxygen atoms in total. The summed E-state index contributed by atoms with van der Waals surface area (Å²) >= 11 is 0. The molecule has 1 aromatic carbocycles. The second kappa shape index (κ2) is 9.15. The third-order valence-corrected chi connectivity index (χ3v) is 5.87. The summed E-state index contributed by atoms with van der Waals surface area (Å²) in [5.41, 5.74) is 4.13. The molecule has 0 radical (unpaired) electrons. The van der Waals surface area contributed by atoms with E-state index in [2.05, 4.69) is 15.8 Å². The predicted octanol–water partition coefficient (Wildman–Crippen LogP) is 1.27. The highest BCUT2D eigenvalue weighted by atomic mass is 32.2. The van der Waals surface area contributed by atoms with Gasteiger partial charge in [-0.05, 0) is 31.9 Å². The standard InChI is InChI=1S/C17H27N3O3S/c1-15-6-8-16(9-7-15)24(22,23)13-10-18-17(21)14-19-20-11-4-2-3-5-12-20/h6-9,19H,2-5,10-14H2,1H3,(H,18,21). The molecule has 7 heteroatoms. The van der Waals surface area contributed by atoms with Crippen molar-refractivity contribution in [2.24, 2.45) is 0 Å². The van der Waals surface area contributed by atoms with E-state index < -0.39 is 9.84 Å². The van der Waals surface area contributed by atoms with Crippen molar-refractivity contribution in [3.05, 3.63) is 29.8 Å². The van der Waals surface area contributed by atoms with Crippen molar-refractivity contribution in [3.63, 3.8) is 0 Å². The summed E-state index contributed by atoms with van der Waals surface area (Å²) in [6.07, 6.45) is 4.76. The van der Waals surface area contributed by atoms with Gasteiger partial charge in [-0.25, -0.2) is 18.9 Å². The van der Waals surface area contributed by atoms with Crippen molar-refractivity contribution >= 4 is 15.7 Å². The molecule has 2 rings (SSSR count). The number of carbonyl (C=O) groups excluding carboxylic acids is 1. The number of hydrogen-bond donors (Lipinski definition) is 2. The van der Waals surface area contributed by atoms with E-state index in [0.717, 1.165) is 31.5 Å². The van der Waals surface area contributed by atoms with Gasteiger partial charge in [0.2, 0.25) is 5.91 Å². The van der Waals surface area contributed by atoms with Gasteiger partial charge in [0.25, 0.3) is 0 Å². The van der Waals surface area contributed by atoms with Crippen LogP contribution in [-0.4, -0.2) is 51.3 Å². The first-order valence-electron chi connectivity index (χ1n) is 8.52. The van der Waals surface area contributed by atoms with Gasteiger partial charge in [0.05, 0.1) is 17.2 Å². The predicted molar refractivity (Wildman–Crippen MR) is 94.3 cm³/mol. The molecule has 1 fully saturated rings. The molecule has 1 heterocycles. The van der Waals surface area contributed by atoms with E-state index in [1.54, 1.807) is 24.3 Å². The van der Waals surface area contributed by atoms with E-state index in [1.165, 1.54) is 12.8 Å². The quantitative estimate of drug-likeness (QED) is 0.772. The van der Waals surface area contributed by atoms with Crippen LogP contribution in [-0.2, 0) is 14.6 Å². The highest BCUT2D eigenvalue weighted by Gasteiger charge is 2.15. The zero-order valence-corrected chi connectivity index (χ0v) is 15.1. The number of carbonyl (C=O) groups is 1. The fourth-order valence-electron chi connectivity index (χ4n) is 2.66. The van der Waals surface area contributed by atoms with Crippen LogP contribution in [0.5, 0.6) is 0 Å². The summed E-state index contributed by atoms with van der Waals surface area (Å²) in [6, 6.07) is 6.76. The Balaban J connectivity index is 1.70. The van der Waals surface area contributed by atoms with Crippen LogP contribution < -0.4 is 10.7 Å². The molecule has 24 heavy (non-hydrogen) atoms. The van der Waals surface area contributed by atoms with Crippen molar-refractivity contribution in [3.8, 4) is 0 Å². The lowest BCUT2D eigenvalue weighted by Gasteiger charge is -2.20. The largest absolute Gasteiger partial charge is 0.354 e. The van der Waals surface area contributed by atoms with Crippen LogP contribution in [0.2, 0.25) is 0 Å². The summed E-state index contributed by atoms with van der Waals surface area (Å²) in [6.45, 7) is 4.12. The molecule has 0 aliphatic carbocycles. The van der Waals surface area contributed by atoms with Crippen molar-refractivity contribution in [2.45, 2.75) is 37.5 Å². The lowest BCUT2D eigenvalue weighted by molar-refractivity contribution is -0.121. The maximum atomic E-state index is 12.2. The number of aryl methyl sites for hydroxylation is 1. The monoisotopic (exact) mass is 353 g/mol. The molecule has 1 amide bonds. The molecule has 0 aromatic heterocycles. The van der Waals surface area contributed by atoms with Crippen molar-refractivity contribution in [2.75, 3.05) is 31.9 Å². The van der Waals surface area contributed by atoms with Gasteiger partial charge in [-0.2, -0.15) is 0 Å². The molecule has 1 aliphatic heterocycles. The van der Waals surface area contributed by atoms with E-state index in [1.807, 2.05) is 6.92 Å². The van der Waals surface area contributed by atoms with Gasteiger partial charge >= 0.3 is 0 Å². The lowest BCUT2D eigenvalue weighted by atomic mass is 10.2. The molecule has 0 spiro atoms. The van der Waals surface area contributed by atoms with Crippen LogP contribution in [0.4, 0.5) is 0 Å². The minimum atomic E-state index is -3.36. The van der Waals surface area contributed by atoms with E-state index in [-0.39, 0.29) is 24.7 Å². The number of hydrogen-bond acceptors (Lipinski definition) is 5. The number of nitrogens with zero attached hydrogens (tertiary/aromatic N) is 1. The van der Waals surface area contributed by atoms with Crippen LogP contribution in [0.1, 0.15) is 31.2 Å². The van der Waals surface area contributed by atoms with Crippen molar-refractivity contribution in [1.29, 1.82) is 0 Å². The third-order valence-electron chi connectivity index (χ3n) is 4.14. The Morgan fingerprint density at radius 2 is 1.71 bits per heavy atom. The lowest BCUT2D eigenvalue weighted by Crippen LogP contribution is -2.45. The fourth-order valence-corrected chi connectivity index (χ4v) is 3.82. The molecule has 1 saturated heterocycles. The summed E-state index contributed by atoms with van der Waals surface area (Å²) < 4.78 is 24.4. The Labute approximate surface area is 144 Å². The Bertz CT molecular complexity index is 621. The number of nitrogens with one attached hydrogen (secondary N) is 2. The van der Waals surface area contributed by atoms with Crippen molar-refractivity contribution < 1.29 is 13.2 Å². The Hall–Kier alpha value is -1.44. The molecular weight excluding hydrogens is 326 g/mol. The SMILES string of the molecule is Cc1ccc(S(=O)(=O)CCNC(=O)CNN2CCCCCC2)cc1. The normalized spacial score (nSPS) is 16.5. The molecule has 0 saturated carbocycles. The molecule has 0 bridgehead atoms. The number of hydrazine groups is 1. The zero-order valence-electron chi connectivity index (χ0n) is 14.3. The molecular formula is C17H27N3O3S. The van der Waals surface area contributed by atoms with Crippen LogP contribution in [0.25, 0.3) is 0 Å². The molecule has 2 N–H and O–H groups in total. The summed E-state index contributed by atoms with van der Waals surface area (Å²) in [7, 11) is -3.36. The zero-order chi connectivity index (χ0) is 17.4. The maximum Gasteiger partial charge on any atom is 0.235 e. The van der Waals surface area contributed by atoms with E-state index >= 15 is 0 Å². The van der Waals surface area contributed by atoms with Gasteiger partial charge in [-0.1, -0.05) is 30.5 Å². The number of sulfone groups is 1. The van der Waals surface area contributed by atoms with E-state index in [9.17, 15) is 13.2 Å². The first-order chi connectivity index (χ1) is 11.5. The topological polar surface area (TPSA) is 78.5 Å². The molecule has 1 aliphatic rings. The van der Waals surface area contributed by atoms with Gasteiger partial charge in [0.1, 0.15) is 0 Å². The second-order valence-corrected chi connectivity index (χ2v) is 8.33. The van der Waals surface area contributed by atoms with Crippen LogP contribution in [0, 0.1) is 6.92 Å². The first kappa shape index (κ1) is 18.9. The third kappa shape index (κ3) is 6.22. The molecule has 1 aromatic rings. The molecule has 0 unspecified atom stereocenters. The average molecular weight is 353 g/mol. The van der Waals surface area contributed by atoms with Gasteiger partial charge in [0, 0.05) is 19.6 Å². The fraction of sp³-hybridized carbons (Fsp3) is 0.588. The van der Waals surface area contributed by atoms with Gasteiger partial charge < -0.3 is 5.32 Å². The minimum Gasteiger partial charge on any atom is -0.354 e. The van der Waals surface area contributed by atoms with E-state index in [4.69, 9.17) is 0 Å². The van der Waals surface area contributed by atoms with E-state index in [0.29, 0.717) is 4.90 Å². The number of benzene rings is 1. The van der Waals surface area contributed by atoms with Crippen LogP contribution >= 0.6 is 0 Å². The highest BCUT2D eigenvalue weighted by molar-refractivity contribution is 7.91. The number of rotatable bonds is 7. The Morgan fingerprint density at radius 3 is 2.33 bits per heavy atom. The van der Waals surface area contributed by atoms with Crippen LogP contribution in [0.15, 0.2) is 29.2 Å². The Morgan fingerprint density at radius 1 is 1.08 bits per heavy atom. The summed E-state index contributed by atoms with van der Waals surface area (Å²) in [4.78, 5) is 12.1.